The van der Waals surface area contributed by atoms with E-state index in [0.717, 1.165) is 0 Å². The van der Waals surface area contributed by atoms with Crippen LogP contribution >= 0.6 is 23.2 Å². The summed E-state index contributed by atoms with van der Waals surface area (Å²) in [5.74, 6) is -1.15. The molecule has 5 heteroatoms. The largest absolute Gasteiger partial charge is 0.306 e. The van der Waals surface area contributed by atoms with E-state index in [4.69, 9.17) is 23.2 Å². The van der Waals surface area contributed by atoms with Crippen molar-refractivity contribution in [3.8, 4) is 0 Å². The van der Waals surface area contributed by atoms with Crippen LogP contribution in [0.4, 0.5) is 8.78 Å². The second-order valence-electron chi connectivity index (χ2n) is 4.44. The van der Waals surface area contributed by atoms with Gasteiger partial charge in [0.25, 0.3) is 0 Å². The summed E-state index contributed by atoms with van der Waals surface area (Å²) in [5.41, 5.74) is 0.718. The van der Waals surface area contributed by atoms with Crippen LogP contribution in [0.2, 0.25) is 10.0 Å². The Morgan fingerprint density at radius 1 is 1.00 bits per heavy atom. The van der Waals surface area contributed by atoms with Crippen LogP contribution in [0.3, 0.4) is 0 Å². The molecule has 106 valence electrons. The molecule has 0 bridgehead atoms. The molecule has 1 N–H and O–H groups in total. The van der Waals surface area contributed by atoms with Gasteiger partial charge in [-0.05, 0) is 31.2 Å². The third kappa shape index (κ3) is 3.29. The fourth-order valence-corrected chi connectivity index (χ4v) is 2.51. The SMILES string of the molecule is CC(NCc1c(Cl)cccc1Cl)c1c(F)cccc1F. The zero-order valence-electron chi connectivity index (χ0n) is 10.8. The Morgan fingerprint density at radius 3 is 2.05 bits per heavy atom. The number of hydrogen-bond donors (Lipinski definition) is 1. The first-order valence-electron chi connectivity index (χ1n) is 6.11. The molecule has 0 amide bonds. The van der Waals surface area contributed by atoms with E-state index in [2.05, 4.69) is 5.32 Å². The van der Waals surface area contributed by atoms with Crippen LogP contribution in [0.5, 0.6) is 0 Å². The highest BCUT2D eigenvalue weighted by molar-refractivity contribution is 6.35. The third-order valence-corrected chi connectivity index (χ3v) is 3.79. The third-order valence-electron chi connectivity index (χ3n) is 3.08. The Morgan fingerprint density at radius 2 is 1.50 bits per heavy atom. The van der Waals surface area contributed by atoms with Gasteiger partial charge in [-0.15, -0.1) is 0 Å². The van der Waals surface area contributed by atoms with Gasteiger partial charge in [0, 0.05) is 33.8 Å². The minimum atomic E-state index is -0.574. The van der Waals surface area contributed by atoms with Crippen LogP contribution < -0.4 is 5.32 Å². The van der Waals surface area contributed by atoms with Gasteiger partial charge in [0.05, 0.1) is 0 Å². The summed E-state index contributed by atoms with van der Waals surface area (Å²) < 4.78 is 27.3. The summed E-state index contributed by atoms with van der Waals surface area (Å²) in [7, 11) is 0. The second-order valence-corrected chi connectivity index (χ2v) is 5.25. The fourth-order valence-electron chi connectivity index (χ4n) is 1.98. The van der Waals surface area contributed by atoms with E-state index < -0.39 is 17.7 Å². The topological polar surface area (TPSA) is 12.0 Å². The zero-order valence-corrected chi connectivity index (χ0v) is 12.3. The minimum Gasteiger partial charge on any atom is -0.306 e. The van der Waals surface area contributed by atoms with Crippen LogP contribution in [0.15, 0.2) is 36.4 Å². The van der Waals surface area contributed by atoms with Gasteiger partial charge in [0.15, 0.2) is 0 Å². The van der Waals surface area contributed by atoms with Crippen molar-refractivity contribution in [2.75, 3.05) is 0 Å². The van der Waals surface area contributed by atoms with Crippen LogP contribution in [0, 0.1) is 11.6 Å². The lowest BCUT2D eigenvalue weighted by atomic mass is 10.1. The molecular weight excluding hydrogens is 303 g/mol. The molecule has 20 heavy (non-hydrogen) atoms. The molecule has 2 rings (SSSR count). The predicted octanol–water partition coefficient (Wildman–Crippen LogP) is 5.12. The molecule has 0 heterocycles. The van der Waals surface area contributed by atoms with Gasteiger partial charge in [0.1, 0.15) is 11.6 Å². The fraction of sp³-hybridized carbons (Fsp3) is 0.200. The molecule has 0 radical (unpaired) electrons. The summed E-state index contributed by atoms with van der Waals surface area (Å²) in [5, 5.41) is 4.07. The first-order chi connectivity index (χ1) is 9.50. The van der Waals surface area contributed by atoms with Crippen LogP contribution in [-0.2, 0) is 6.54 Å². The molecular formula is C15H13Cl2F2N. The van der Waals surface area contributed by atoms with Gasteiger partial charge in [-0.2, -0.15) is 0 Å². The van der Waals surface area contributed by atoms with E-state index >= 15 is 0 Å². The molecule has 0 saturated heterocycles. The summed E-state index contributed by atoms with van der Waals surface area (Å²) in [6.07, 6.45) is 0. The first-order valence-corrected chi connectivity index (χ1v) is 6.86. The quantitative estimate of drug-likeness (QED) is 0.825. The van der Waals surface area contributed by atoms with Gasteiger partial charge < -0.3 is 5.32 Å². The highest BCUT2D eigenvalue weighted by atomic mass is 35.5. The number of hydrogen-bond acceptors (Lipinski definition) is 1. The van der Waals surface area contributed by atoms with Crippen molar-refractivity contribution < 1.29 is 8.78 Å². The molecule has 1 nitrogen and oxygen atoms in total. The van der Waals surface area contributed by atoms with Gasteiger partial charge in [-0.25, -0.2) is 8.78 Å². The average Bonchev–Trinajstić information content (AvgIpc) is 2.38. The van der Waals surface area contributed by atoms with Crippen molar-refractivity contribution in [1.82, 2.24) is 5.32 Å². The van der Waals surface area contributed by atoms with Crippen LogP contribution in [0.25, 0.3) is 0 Å². The van der Waals surface area contributed by atoms with Gasteiger partial charge >= 0.3 is 0 Å². The highest BCUT2D eigenvalue weighted by Gasteiger charge is 2.16. The molecule has 0 aliphatic heterocycles. The smallest absolute Gasteiger partial charge is 0.130 e. The van der Waals surface area contributed by atoms with E-state index in [1.165, 1.54) is 18.2 Å². The molecule has 0 aliphatic rings. The monoisotopic (exact) mass is 315 g/mol. The number of benzene rings is 2. The Labute approximate surface area is 126 Å². The predicted molar refractivity (Wildman–Crippen MR) is 78.1 cm³/mol. The van der Waals surface area contributed by atoms with Gasteiger partial charge in [-0.3, -0.25) is 0 Å². The lowest BCUT2D eigenvalue weighted by molar-refractivity contribution is 0.487. The molecule has 0 saturated carbocycles. The summed E-state index contributed by atoms with van der Waals surface area (Å²) >= 11 is 12.1. The number of halogens is 4. The van der Waals surface area contributed by atoms with Crippen molar-refractivity contribution in [3.63, 3.8) is 0 Å². The van der Waals surface area contributed by atoms with Crippen molar-refractivity contribution in [1.29, 1.82) is 0 Å². The maximum atomic E-state index is 13.7. The van der Waals surface area contributed by atoms with E-state index in [9.17, 15) is 8.78 Å². The number of rotatable bonds is 4. The molecule has 1 atom stereocenters. The molecule has 0 aromatic heterocycles. The average molecular weight is 316 g/mol. The summed E-state index contributed by atoms with van der Waals surface area (Å²) in [4.78, 5) is 0. The van der Waals surface area contributed by atoms with Crippen molar-refractivity contribution in [2.24, 2.45) is 0 Å². The standard InChI is InChI=1S/C15H13Cl2F2N/c1-9(15-13(18)6-3-7-14(15)19)20-8-10-11(16)4-2-5-12(10)17/h2-7,9,20H,8H2,1H3. The first kappa shape index (κ1) is 15.2. The normalized spacial score (nSPS) is 12.4. The van der Waals surface area contributed by atoms with E-state index in [-0.39, 0.29) is 5.56 Å². The van der Waals surface area contributed by atoms with Crippen molar-refractivity contribution in [3.05, 3.63) is 69.2 Å². The van der Waals surface area contributed by atoms with E-state index in [0.29, 0.717) is 22.2 Å². The lowest BCUT2D eigenvalue weighted by Crippen LogP contribution is -2.20. The van der Waals surface area contributed by atoms with Crippen molar-refractivity contribution in [2.45, 2.75) is 19.5 Å². The maximum absolute atomic E-state index is 13.7. The summed E-state index contributed by atoms with van der Waals surface area (Å²) in [6, 6.07) is 8.50. The maximum Gasteiger partial charge on any atom is 0.130 e. The zero-order chi connectivity index (χ0) is 14.7. The molecule has 0 spiro atoms. The molecule has 2 aromatic carbocycles. The van der Waals surface area contributed by atoms with E-state index in [1.807, 2.05) is 0 Å². The Hall–Kier alpha value is -1.16. The van der Waals surface area contributed by atoms with Gasteiger partial charge in [0.2, 0.25) is 0 Å². The van der Waals surface area contributed by atoms with Gasteiger partial charge in [-0.1, -0.05) is 35.3 Å². The highest BCUT2D eigenvalue weighted by Crippen LogP contribution is 2.26. The van der Waals surface area contributed by atoms with Crippen molar-refractivity contribution >= 4 is 23.2 Å². The molecule has 0 fully saturated rings. The Kier molecular flexibility index (Phi) is 4.97. The Bertz CT molecular complexity index is 576. The second kappa shape index (κ2) is 6.53. The lowest BCUT2D eigenvalue weighted by Gasteiger charge is -2.17. The summed E-state index contributed by atoms with van der Waals surface area (Å²) in [6.45, 7) is 2.01. The molecule has 2 aromatic rings. The molecule has 1 unspecified atom stereocenters. The van der Waals surface area contributed by atoms with E-state index in [1.54, 1.807) is 25.1 Å². The Balaban J connectivity index is 2.15. The number of nitrogens with one attached hydrogen (secondary N) is 1. The molecule has 0 aliphatic carbocycles. The van der Waals surface area contributed by atoms with Crippen LogP contribution in [-0.4, -0.2) is 0 Å². The van der Waals surface area contributed by atoms with Crippen LogP contribution in [0.1, 0.15) is 24.1 Å². The minimum absolute atomic E-state index is 0.00989.